The molecule has 0 atom stereocenters. The van der Waals surface area contributed by atoms with Crippen molar-refractivity contribution >= 4 is 5.69 Å². The molecule has 0 unspecified atom stereocenters. The molecule has 0 radical (unpaired) electrons. The highest BCUT2D eigenvalue weighted by atomic mass is 16.6. The molecule has 2 rings (SSSR count). The van der Waals surface area contributed by atoms with Gasteiger partial charge in [-0.3, -0.25) is 0 Å². The summed E-state index contributed by atoms with van der Waals surface area (Å²) in [4.78, 5) is 4.00. The van der Waals surface area contributed by atoms with Gasteiger partial charge in [0.2, 0.25) is 5.88 Å². The zero-order valence-electron chi connectivity index (χ0n) is 6.56. The summed E-state index contributed by atoms with van der Waals surface area (Å²) in [7, 11) is 0. The maximum atomic E-state index is 5.46. The second-order valence-corrected chi connectivity index (χ2v) is 2.71. The van der Waals surface area contributed by atoms with E-state index in [0.717, 1.165) is 0 Å². The summed E-state index contributed by atoms with van der Waals surface area (Å²) in [6.07, 6.45) is 1.75. The average molecular weight is 166 g/mol. The van der Waals surface area contributed by atoms with E-state index in [1.165, 1.54) is 0 Å². The summed E-state index contributed by atoms with van der Waals surface area (Å²) in [5.74, 6) is 0.609. The van der Waals surface area contributed by atoms with Gasteiger partial charge in [-0.25, -0.2) is 4.98 Å². The van der Waals surface area contributed by atoms with E-state index < -0.39 is 0 Å². The third-order valence-corrected chi connectivity index (χ3v) is 1.65. The molecule has 0 amide bonds. The van der Waals surface area contributed by atoms with Crippen molar-refractivity contribution in [2.45, 2.75) is 6.10 Å². The maximum absolute atomic E-state index is 5.46. The molecular weight excluding hydrogens is 156 g/mol. The van der Waals surface area contributed by atoms with Crippen molar-refractivity contribution in [2.24, 2.45) is 0 Å². The van der Waals surface area contributed by atoms with Crippen molar-refractivity contribution in [2.75, 3.05) is 18.9 Å². The first-order chi connectivity index (χ1) is 5.84. The first kappa shape index (κ1) is 7.36. The molecule has 4 heteroatoms. The summed E-state index contributed by atoms with van der Waals surface area (Å²) in [6, 6.07) is 3.52. The monoisotopic (exact) mass is 166 g/mol. The van der Waals surface area contributed by atoms with E-state index in [1.54, 1.807) is 18.3 Å². The van der Waals surface area contributed by atoms with Crippen LogP contribution in [0.3, 0.4) is 0 Å². The van der Waals surface area contributed by atoms with Crippen LogP contribution in [-0.4, -0.2) is 24.3 Å². The number of pyridine rings is 1. The number of hydrogen-bond acceptors (Lipinski definition) is 4. The van der Waals surface area contributed by atoms with Crippen LogP contribution in [0.5, 0.6) is 5.88 Å². The van der Waals surface area contributed by atoms with Crippen molar-refractivity contribution in [3.05, 3.63) is 18.3 Å². The predicted octanol–water partition coefficient (Wildman–Crippen LogP) is 0.441. The zero-order valence-corrected chi connectivity index (χ0v) is 6.56. The molecule has 64 valence electrons. The largest absolute Gasteiger partial charge is 0.469 e. The average Bonchev–Trinajstić information content (AvgIpc) is 2.00. The summed E-state index contributed by atoms with van der Waals surface area (Å²) < 4.78 is 10.4. The van der Waals surface area contributed by atoms with Gasteiger partial charge >= 0.3 is 0 Å². The fourth-order valence-corrected chi connectivity index (χ4v) is 0.914. The van der Waals surface area contributed by atoms with Crippen LogP contribution in [0.2, 0.25) is 0 Å². The Labute approximate surface area is 70.3 Å². The molecule has 0 aliphatic carbocycles. The van der Waals surface area contributed by atoms with Crippen LogP contribution in [0.25, 0.3) is 0 Å². The van der Waals surface area contributed by atoms with Crippen molar-refractivity contribution in [1.29, 1.82) is 0 Å². The second-order valence-electron chi connectivity index (χ2n) is 2.71. The summed E-state index contributed by atoms with van der Waals surface area (Å²) in [5.41, 5.74) is 6.11. The Morgan fingerprint density at radius 3 is 2.83 bits per heavy atom. The first-order valence-corrected chi connectivity index (χ1v) is 3.80. The van der Waals surface area contributed by atoms with E-state index >= 15 is 0 Å². The second kappa shape index (κ2) is 2.98. The number of aromatic nitrogens is 1. The minimum absolute atomic E-state index is 0.168. The standard InChI is InChI=1S/C8H10N2O2/c9-6-1-2-8(10-3-6)12-7-4-11-5-7/h1-3,7H,4-5,9H2. The molecular formula is C8H10N2O2. The number of nitrogen functional groups attached to an aromatic ring is 1. The van der Waals surface area contributed by atoms with Crippen molar-refractivity contribution < 1.29 is 9.47 Å². The lowest BCUT2D eigenvalue weighted by molar-refractivity contribution is -0.0813. The van der Waals surface area contributed by atoms with Crippen LogP contribution in [0.4, 0.5) is 5.69 Å². The van der Waals surface area contributed by atoms with Gasteiger partial charge in [-0.15, -0.1) is 0 Å². The van der Waals surface area contributed by atoms with E-state index in [0.29, 0.717) is 24.8 Å². The normalized spacial score (nSPS) is 17.0. The number of nitrogens with zero attached hydrogens (tertiary/aromatic N) is 1. The fraction of sp³-hybridized carbons (Fsp3) is 0.375. The first-order valence-electron chi connectivity index (χ1n) is 3.80. The van der Waals surface area contributed by atoms with E-state index in [4.69, 9.17) is 15.2 Å². The van der Waals surface area contributed by atoms with Gasteiger partial charge in [-0.2, -0.15) is 0 Å². The van der Waals surface area contributed by atoms with Gasteiger partial charge in [-0.05, 0) is 6.07 Å². The van der Waals surface area contributed by atoms with Gasteiger partial charge in [0.1, 0.15) is 6.10 Å². The van der Waals surface area contributed by atoms with Gasteiger partial charge in [0, 0.05) is 6.07 Å². The smallest absolute Gasteiger partial charge is 0.213 e. The lowest BCUT2D eigenvalue weighted by Gasteiger charge is -2.25. The number of ether oxygens (including phenoxy) is 2. The molecule has 1 saturated heterocycles. The number of hydrogen-bond donors (Lipinski definition) is 1. The van der Waals surface area contributed by atoms with Gasteiger partial charge in [0.05, 0.1) is 25.1 Å². The molecule has 2 N–H and O–H groups in total. The third kappa shape index (κ3) is 1.48. The van der Waals surface area contributed by atoms with Crippen LogP contribution in [0.15, 0.2) is 18.3 Å². The summed E-state index contributed by atoms with van der Waals surface area (Å²) >= 11 is 0. The molecule has 1 aromatic heterocycles. The van der Waals surface area contributed by atoms with Gasteiger partial charge < -0.3 is 15.2 Å². The van der Waals surface area contributed by atoms with E-state index in [-0.39, 0.29) is 6.10 Å². The van der Waals surface area contributed by atoms with Crippen LogP contribution in [0, 0.1) is 0 Å². The Kier molecular flexibility index (Phi) is 1.83. The molecule has 0 bridgehead atoms. The van der Waals surface area contributed by atoms with Gasteiger partial charge in [-0.1, -0.05) is 0 Å². The molecule has 1 fully saturated rings. The predicted molar refractivity (Wildman–Crippen MR) is 43.9 cm³/mol. The van der Waals surface area contributed by atoms with Crippen LogP contribution in [-0.2, 0) is 4.74 Å². The van der Waals surface area contributed by atoms with Crippen molar-refractivity contribution in [1.82, 2.24) is 4.98 Å². The number of rotatable bonds is 2. The van der Waals surface area contributed by atoms with Crippen LogP contribution < -0.4 is 10.5 Å². The highest BCUT2D eigenvalue weighted by molar-refractivity contribution is 5.36. The Bertz CT molecular complexity index is 256. The molecule has 1 aliphatic rings. The zero-order chi connectivity index (χ0) is 8.39. The molecule has 0 spiro atoms. The molecule has 0 saturated carbocycles. The highest BCUT2D eigenvalue weighted by Crippen LogP contribution is 2.13. The molecule has 2 heterocycles. The summed E-state index contributed by atoms with van der Waals surface area (Å²) in [6.45, 7) is 1.32. The molecule has 1 aliphatic heterocycles. The Hall–Kier alpha value is -1.29. The van der Waals surface area contributed by atoms with Crippen molar-refractivity contribution in [3.8, 4) is 5.88 Å². The molecule has 4 nitrogen and oxygen atoms in total. The van der Waals surface area contributed by atoms with Crippen molar-refractivity contribution in [3.63, 3.8) is 0 Å². The Morgan fingerprint density at radius 2 is 2.33 bits per heavy atom. The van der Waals surface area contributed by atoms with Crippen LogP contribution in [0.1, 0.15) is 0 Å². The quantitative estimate of drug-likeness (QED) is 0.692. The lowest BCUT2D eigenvalue weighted by atomic mass is 10.3. The minimum atomic E-state index is 0.168. The van der Waals surface area contributed by atoms with E-state index in [9.17, 15) is 0 Å². The Morgan fingerprint density at radius 1 is 1.50 bits per heavy atom. The summed E-state index contributed by atoms with van der Waals surface area (Å²) in [5, 5.41) is 0. The van der Waals surface area contributed by atoms with E-state index in [1.807, 2.05) is 0 Å². The van der Waals surface area contributed by atoms with E-state index in [2.05, 4.69) is 4.98 Å². The minimum Gasteiger partial charge on any atom is -0.469 e. The molecule has 0 aromatic carbocycles. The van der Waals surface area contributed by atoms with Gasteiger partial charge in [0.15, 0.2) is 0 Å². The lowest BCUT2D eigenvalue weighted by Crippen LogP contribution is -2.38. The maximum Gasteiger partial charge on any atom is 0.213 e. The number of nitrogens with two attached hydrogens (primary N) is 1. The van der Waals surface area contributed by atoms with Gasteiger partial charge in [0.25, 0.3) is 0 Å². The van der Waals surface area contributed by atoms with Crippen LogP contribution >= 0.6 is 0 Å². The fourth-order valence-electron chi connectivity index (χ4n) is 0.914. The third-order valence-electron chi connectivity index (χ3n) is 1.65. The molecule has 1 aromatic rings. The SMILES string of the molecule is Nc1ccc(OC2COC2)nc1. The molecule has 12 heavy (non-hydrogen) atoms. The number of anilines is 1. The highest BCUT2D eigenvalue weighted by Gasteiger charge is 2.20. The topological polar surface area (TPSA) is 57.4 Å². The Balaban J connectivity index is 1.98.